The zero-order valence-corrected chi connectivity index (χ0v) is 19.2. The van der Waals surface area contributed by atoms with Gasteiger partial charge in [0.05, 0.1) is 12.3 Å². The first-order valence-electron chi connectivity index (χ1n) is 12.1. The average Bonchev–Trinajstić information content (AvgIpc) is 2.79. The van der Waals surface area contributed by atoms with Crippen LogP contribution in [-0.2, 0) is 11.2 Å². The van der Waals surface area contributed by atoms with Gasteiger partial charge in [-0.1, -0.05) is 58.4 Å². The van der Waals surface area contributed by atoms with E-state index in [1.54, 1.807) is 0 Å². The van der Waals surface area contributed by atoms with Crippen LogP contribution in [0, 0.1) is 0 Å². The zero-order chi connectivity index (χ0) is 21.3. The summed E-state index contributed by atoms with van der Waals surface area (Å²) >= 11 is 0. The molecule has 0 unspecified atom stereocenters. The fourth-order valence-electron chi connectivity index (χ4n) is 3.45. The van der Waals surface area contributed by atoms with E-state index < -0.39 is 0 Å². The van der Waals surface area contributed by atoms with Gasteiger partial charge in [0.15, 0.2) is 0 Å². The van der Waals surface area contributed by atoms with Crippen molar-refractivity contribution in [2.24, 2.45) is 0 Å². The maximum absolute atomic E-state index is 5.86. The minimum Gasteiger partial charge on any atom is -0.494 e. The maximum Gasteiger partial charge on any atom is 0.119 e. The van der Waals surface area contributed by atoms with Gasteiger partial charge in [0.25, 0.3) is 0 Å². The Morgan fingerprint density at radius 2 is 1.33 bits per heavy atom. The summed E-state index contributed by atoms with van der Waals surface area (Å²) in [6.45, 7) is 6.95. The van der Waals surface area contributed by atoms with Gasteiger partial charge in [-0.15, -0.1) is 0 Å². The Bertz CT molecular complexity index is 652. The number of aromatic nitrogens is 1. The molecule has 1 aromatic carbocycles. The van der Waals surface area contributed by atoms with E-state index in [-0.39, 0.29) is 0 Å². The maximum atomic E-state index is 5.86. The second kappa shape index (κ2) is 15.9. The van der Waals surface area contributed by atoms with Gasteiger partial charge in [-0.2, -0.15) is 0 Å². The number of unbranched alkanes of at least 4 members (excludes halogenated alkanes) is 7. The van der Waals surface area contributed by atoms with E-state index in [0.717, 1.165) is 56.1 Å². The summed E-state index contributed by atoms with van der Waals surface area (Å²) in [7, 11) is 0. The topological polar surface area (TPSA) is 31.4 Å². The highest BCUT2D eigenvalue weighted by Gasteiger charge is 2.02. The lowest BCUT2D eigenvalue weighted by molar-refractivity contribution is 0.123. The molecular weight excluding hydrogens is 370 g/mol. The molecule has 0 atom stereocenters. The molecule has 3 heteroatoms. The van der Waals surface area contributed by atoms with Crippen molar-refractivity contribution in [3.8, 4) is 17.0 Å². The molecule has 0 bridgehead atoms. The van der Waals surface area contributed by atoms with Gasteiger partial charge in [-0.05, 0) is 68.0 Å². The van der Waals surface area contributed by atoms with Gasteiger partial charge in [0, 0.05) is 25.0 Å². The first-order valence-corrected chi connectivity index (χ1v) is 12.1. The largest absolute Gasteiger partial charge is 0.494 e. The summed E-state index contributed by atoms with van der Waals surface area (Å²) in [5.41, 5.74) is 3.50. The number of hydrogen-bond donors (Lipinski definition) is 0. The Hall–Kier alpha value is -1.87. The second-order valence-corrected chi connectivity index (χ2v) is 8.12. The summed E-state index contributed by atoms with van der Waals surface area (Å²) in [6.07, 6.45) is 15.5. The third kappa shape index (κ3) is 10.2. The Labute approximate surface area is 184 Å². The molecule has 0 saturated carbocycles. The Morgan fingerprint density at radius 1 is 0.667 bits per heavy atom. The summed E-state index contributed by atoms with van der Waals surface area (Å²) in [6, 6.07) is 12.6. The van der Waals surface area contributed by atoms with Gasteiger partial charge in [-0.3, -0.25) is 4.98 Å². The molecule has 0 fully saturated rings. The van der Waals surface area contributed by atoms with Crippen LogP contribution in [-0.4, -0.2) is 24.8 Å². The number of ether oxygens (including phenoxy) is 2. The van der Waals surface area contributed by atoms with Crippen molar-refractivity contribution in [1.82, 2.24) is 4.98 Å². The van der Waals surface area contributed by atoms with E-state index in [1.807, 2.05) is 18.3 Å². The minimum atomic E-state index is 0.739. The molecule has 0 amide bonds. The molecule has 0 saturated heterocycles. The third-order valence-electron chi connectivity index (χ3n) is 5.39. The first-order chi connectivity index (χ1) is 14.8. The van der Waals surface area contributed by atoms with Crippen molar-refractivity contribution < 1.29 is 9.47 Å². The summed E-state index contributed by atoms with van der Waals surface area (Å²) in [5.74, 6) is 0.923. The smallest absolute Gasteiger partial charge is 0.119 e. The van der Waals surface area contributed by atoms with Gasteiger partial charge in [0.2, 0.25) is 0 Å². The zero-order valence-electron chi connectivity index (χ0n) is 19.2. The summed E-state index contributed by atoms with van der Waals surface area (Å²) < 4.78 is 11.5. The van der Waals surface area contributed by atoms with Crippen LogP contribution in [0.2, 0.25) is 0 Å². The van der Waals surface area contributed by atoms with Crippen LogP contribution in [0.4, 0.5) is 0 Å². The monoisotopic (exact) mass is 411 g/mol. The van der Waals surface area contributed by atoms with E-state index in [2.05, 4.69) is 43.1 Å². The number of aryl methyl sites for hydroxylation is 1. The lowest BCUT2D eigenvalue weighted by Crippen LogP contribution is -2.01. The highest BCUT2D eigenvalue weighted by atomic mass is 16.5. The van der Waals surface area contributed by atoms with Crippen LogP contribution in [0.1, 0.15) is 83.6 Å². The SMILES string of the molecule is CCCCCCCc1ccc(-c2ccc(OCCCCOCCCCC)cc2)nc1. The van der Waals surface area contributed by atoms with Crippen molar-refractivity contribution in [1.29, 1.82) is 0 Å². The van der Waals surface area contributed by atoms with Crippen LogP contribution in [0.5, 0.6) is 5.75 Å². The van der Waals surface area contributed by atoms with Crippen molar-refractivity contribution in [2.75, 3.05) is 19.8 Å². The molecule has 1 heterocycles. The van der Waals surface area contributed by atoms with E-state index in [0.29, 0.717) is 0 Å². The molecule has 2 rings (SSSR count). The third-order valence-corrected chi connectivity index (χ3v) is 5.39. The predicted molar refractivity (Wildman–Crippen MR) is 127 cm³/mol. The number of nitrogens with zero attached hydrogens (tertiary/aromatic N) is 1. The van der Waals surface area contributed by atoms with E-state index in [9.17, 15) is 0 Å². The number of pyridine rings is 1. The Kier molecular flexibility index (Phi) is 12.9. The predicted octanol–water partition coefficient (Wildman–Crippen LogP) is 7.63. The van der Waals surface area contributed by atoms with Crippen LogP contribution < -0.4 is 4.74 Å². The van der Waals surface area contributed by atoms with Crippen LogP contribution in [0.3, 0.4) is 0 Å². The Balaban J connectivity index is 1.64. The molecule has 3 nitrogen and oxygen atoms in total. The molecule has 166 valence electrons. The Morgan fingerprint density at radius 3 is 2.03 bits per heavy atom. The summed E-state index contributed by atoms with van der Waals surface area (Å²) in [4.78, 5) is 4.66. The molecule has 0 aliphatic rings. The van der Waals surface area contributed by atoms with E-state index in [1.165, 1.54) is 56.9 Å². The van der Waals surface area contributed by atoms with Crippen molar-refractivity contribution in [2.45, 2.75) is 84.5 Å². The standard InChI is InChI=1S/C27H41NO2/c1-3-5-7-8-9-13-24-14-19-27(28-23-24)25-15-17-26(18-16-25)30-22-12-11-21-29-20-10-6-4-2/h14-19,23H,3-13,20-22H2,1-2H3. The first kappa shape index (κ1) is 24.4. The number of hydrogen-bond acceptors (Lipinski definition) is 3. The van der Waals surface area contributed by atoms with Gasteiger partial charge < -0.3 is 9.47 Å². The fourth-order valence-corrected chi connectivity index (χ4v) is 3.45. The highest BCUT2D eigenvalue weighted by molar-refractivity contribution is 5.60. The van der Waals surface area contributed by atoms with E-state index in [4.69, 9.17) is 9.47 Å². The van der Waals surface area contributed by atoms with Gasteiger partial charge in [-0.25, -0.2) is 0 Å². The molecular formula is C27H41NO2. The minimum absolute atomic E-state index is 0.739. The van der Waals surface area contributed by atoms with Crippen molar-refractivity contribution >= 4 is 0 Å². The molecule has 0 spiro atoms. The quantitative estimate of drug-likeness (QED) is 0.251. The second-order valence-electron chi connectivity index (χ2n) is 8.12. The normalized spacial score (nSPS) is 11.0. The number of rotatable bonds is 17. The van der Waals surface area contributed by atoms with Crippen LogP contribution in [0.15, 0.2) is 42.6 Å². The van der Waals surface area contributed by atoms with Crippen molar-refractivity contribution in [3.63, 3.8) is 0 Å². The molecule has 30 heavy (non-hydrogen) atoms. The lowest BCUT2D eigenvalue weighted by Gasteiger charge is -2.08. The van der Waals surface area contributed by atoms with Crippen molar-refractivity contribution in [3.05, 3.63) is 48.2 Å². The van der Waals surface area contributed by atoms with Crippen LogP contribution in [0.25, 0.3) is 11.3 Å². The molecule has 2 aromatic rings. The number of benzene rings is 1. The van der Waals surface area contributed by atoms with Gasteiger partial charge in [0.1, 0.15) is 5.75 Å². The fraction of sp³-hybridized carbons (Fsp3) is 0.593. The highest BCUT2D eigenvalue weighted by Crippen LogP contribution is 2.21. The van der Waals surface area contributed by atoms with Crippen LogP contribution >= 0.6 is 0 Å². The molecule has 1 aromatic heterocycles. The average molecular weight is 412 g/mol. The summed E-state index contributed by atoms with van der Waals surface area (Å²) in [5, 5.41) is 0. The van der Waals surface area contributed by atoms with Gasteiger partial charge >= 0.3 is 0 Å². The lowest BCUT2D eigenvalue weighted by atomic mass is 10.1. The molecule has 0 radical (unpaired) electrons. The van der Waals surface area contributed by atoms with E-state index >= 15 is 0 Å². The molecule has 0 N–H and O–H groups in total. The molecule has 0 aliphatic heterocycles. The molecule has 0 aliphatic carbocycles.